The van der Waals surface area contributed by atoms with Gasteiger partial charge in [-0.05, 0) is 48.1 Å². The van der Waals surface area contributed by atoms with Crippen LogP contribution in [0.5, 0.6) is 0 Å². The Morgan fingerprint density at radius 2 is 1.42 bits per heavy atom. The maximum absolute atomic E-state index is 9.41. The molecule has 2 atom stereocenters. The third kappa shape index (κ3) is 4.44. The van der Waals surface area contributed by atoms with Crippen LogP contribution in [0, 0.1) is 17.9 Å². The van der Waals surface area contributed by atoms with Crippen molar-refractivity contribution in [3.05, 3.63) is 78.9 Å². The molecule has 2 aliphatic rings. The fourth-order valence-corrected chi connectivity index (χ4v) is 5.13. The minimum absolute atomic E-state index is 0. The van der Waals surface area contributed by atoms with E-state index in [1.165, 1.54) is 16.2 Å². The first kappa shape index (κ1) is 22.1. The van der Waals surface area contributed by atoms with Crippen LogP contribution >= 0.6 is 0 Å². The van der Waals surface area contributed by atoms with E-state index >= 15 is 0 Å². The smallest absolute Gasteiger partial charge is 0.0673 e. The monoisotopic (exact) mass is 589 g/mol. The van der Waals surface area contributed by atoms with E-state index in [9.17, 15) is 10.2 Å². The molecule has 31 heavy (non-hydrogen) atoms. The van der Waals surface area contributed by atoms with Crippen molar-refractivity contribution in [2.75, 3.05) is 0 Å². The average Bonchev–Trinajstić information content (AvgIpc) is 3.37. The molecule has 3 aromatic carbocycles. The molecule has 0 spiro atoms. The minimum Gasteiger partial charge on any atom is -0.393 e. The Bertz CT molecular complexity index is 1150. The molecule has 3 nitrogen and oxygen atoms in total. The van der Waals surface area contributed by atoms with Crippen molar-refractivity contribution in [2.45, 2.75) is 37.9 Å². The molecule has 1 radical (unpaired) electrons. The number of fused-ring (bicyclic) bond motifs is 4. The Hall–Kier alpha value is -2.10. The first-order valence-electron chi connectivity index (χ1n) is 10.8. The maximum atomic E-state index is 9.41. The largest absolute Gasteiger partial charge is 0.393 e. The normalized spacial score (nSPS) is 24.3. The van der Waals surface area contributed by atoms with Crippen LogP contribution in [-0.4, -0.2) is 27.4 Å². The first-order valence-corrected chi connectivity index (χ1v) is 10.8. The summed E-state index contributed by atoms with van der Waals surface area (Å²) in [6.45, 7) is 0. The van der Waals surface area contributed by atoms with Crippen LogP contribution in [0.2, 0.25) is 0 Å². The van der Waals surface area contributed by atoms with E-state index in [1.807, 2.05) is 24.3 Å². The summed E-state index contributed by atoms with van der Waals surface area (Å²) in [6.07, 6.45) is 3.66. The molecule has 2 fully saturated rings. The van der Waals surface area contributed by atoms with E-state index in [4.69, 9.17) is 4.98 Å². The third-order valence-corrected chi connectivity index (χ3v) is 6.67. The van der Waals surface area contributed by atoms with Gasteiger partial charge in [0, 0.05) is 31.4 Å². The van der Waals surface area contributed by atoms with Crippen molar-refractivity contribution >= 4 is 21.7 Å². The Kier molecular flexibility index (Phi) is 6.83. The number of aliphatic hydroxyl groups excluding tert-OH is 2. The molecule has 0 bridgehead atoms. The molecule has 0 aliphatic heterocycles. The summed E-state index contributed by atoms with van der Waals surface area (Å²) in [5, 5.41) is 22.4. The zero-order chi connectivity index (χ0) is 20.5. The van der Waals surface area contributed by atoms with E-state index in [2.05, 4.69) is 54.6 Å². The second-order valence-electron chi connectivity index (χ2n) is 8.46. The van der Waals surface area contributed by atoms with Gasteiger partial charge in [-0.3, -0.25) is 4.98 Å². The zero-order valence-electron chi connectivity index (χ0n) is 17.2. The molecule has 2 aliphatic carbocycles. The van der Waals surface area contributed by atoms with Gasteiger partial charge in [0.05, 0.1) is 17.7 Å². The molecule has 6 rings (SSSR count). The number of hydrogen-bond donors (Lipinski definition) is 2. The summed E-state index contributed by atoms with van der Waals surface area (Å²) in [6, 6.07) is 28.0. The van der Waals surface area contributed by atoms with E-state index in [0.29, 0.717) is 5.92 Å². The van der Waals surface area contributed by atoms with Crippen molar-refractivity contribution in [2.24, 2.45) is 11.8 Å². The Labute approximate surface area is 196 Å². The second-order valence-corrected chi connectivity index (χ2v) is 8.46. The van der Waals surface area contributed by atoms with Crippen LogP contribution in [0.4, 0.5) is 0 Å². The van der Waals surface area contributed by atoms with Crippen molar-refractivity contribution in [1.82, 2.24) is 4.98 Å². The van der Waals surface area contributed by atoms with E-state index in [-0.39, 0.29) is 38.2 Å². The Balaban J connectivity index is 0.000000178. The molecule has 2 unspecified atom stereocenters. The Morgan fingerprint density at radius 3 is 2.13 bits per heavy atom. The summed E-state index contributed by atoms with van der Waals surface area (Å²) in [4.78, 5) is 4.84. The minimum atomic E-state index is -0.206. The van der Waals surface area contributed by atoms with Gasteiger partial charge in [0.25, 0.3) is 0 Å². The molecular weight excluding hydrogens is 563 g/mol. The topological polar surface area (TPSA) is 53.4 Å². The maximum Gasteiger partial charge on any atom is 0.0673 e. The number of rotatable bonds is 1. The number of aliphatic hydroxyl groups is 2. The summed E-state index contributed by atoms with van der Waals surface area (Å²) in [5.41, 5.74) is 3.05. The first-order chi connectivity index (χ1) is 14.7. The van der Waals surface area contributed by atoms with Crippen LogP contribution in [0.1, 0.15) is 25.7 Å². The molecule has 2 saturated carbocycles. The molecule has 0 amide bonds. The number of pyridine rings is 1. The number of aromatic nitrogens is 1. The second kappa shape index (κ2) is 9.58. The van der Waals surface area contributed by atoms with Crippen molar-refractivity contribution < 1.29 is 30.3 Å². The summed E-state index contributed by atoms with van der Waals surface area (Å²) in [5.74, 6) is 0.852. The fraction of sp³-hybridized carbons (Fsp3) is 0.296. The SMILES string of the molecule is OC1CCC2CCC(O)C12.[Ir].[c-]1ccccc1-c1ccc2ccc3ccccc3c2n1. The Morgan fingerprint density at radius 1 is 0.742 bits per heavy atom. The number of hydrogen-bond acceptors (Lipinski definition) is 3. The van der Waals surface area contributed by atoms with Gasteiger partial charge in [-0.2, -0.15) is 0 Å². The standard InChI is InChI=1S/C19H12N.C8H14O2.Ir/c1-2-7-15(8-3-1)18-13-12-16-11-10-14-6-4-5-9-17(14)19(16)20-18;9-6-3-1-5-2-4-7(10)8(5)6;/h1-7,9-13H;5-10H,1-4H2;/q-1;;. The van der Waals surface area contributed by atoms with Gasteiger partial charge in [0.1, 0.15) is 0 Å². The van der Waals surface area contributed by atoms with Gasteiger partial charge >= 0.3 is 0 Å². The summed E-state index contributed by atoms with van der Waals surface area (Å²) >= 11 is 0. The molecule has 4 aromatic rings. The predicted molar refractivity (Wildman–Crippen MR) is 121 cm³/mol. The molecule has 1 heterocycles. The van der Waals surface area contributed by atoms with Crippen LogP contribution in [0.15, 0.2) is 72.8 Å². The molecule has 1 aromatic heterocycles. The summed E-state index contributed by atoms with van der Waals surface area (Å²) < 4.78 is 0. The van der Waals surface area contributed by atoms with Gasteiger partial charge in [-0.25, -0.2) is 0 Å². The molecule has 161 valence electrons. The number of nitrogens with zero attached hydrogens (tertiary/aromatic N) is 1. The van der Waals surface area contributed by atoms with Crippen LogP contribution < -0.4 is 0 Å². The fourth-order valence-electron chi connectivity index (χ4n) is 5.13. The van der Waals surface area contributed by atoms with Gasteiger partial charge in [-0.1, -0.05) is 48.5 Å². The van der Waals surface area contributed by atoms with Crippen LogP contribution in [0.25, 0.3) is 32.9 Å². The van der Waals surface area contributed by atoms with Crippen molar-refractivity contribution in [3.63, 3.8) is 0 Å². The average molecular weight is 589 g/mol. The molecule has 0 saturated heterocycles. The van der Waals surface area contributed by atoms with Gasteiger partial charge in [0.15, 0.2) is 0 Å². The van der Waals surface area contributed by atoms with Gasteiger partial charge < -0.3 is 10.2 Å². The molecule has 4 heteroatoms. The van der Waals surface area contributed by atoms with E-state index in [1.54, 1.807) is 0 Å². The van der Waals surface area contributed by atoms with E-state index < -0.39 is 0 Å². The molecular formula is C27H26IrNO2-. The third-order valence-electron chi connectivity index (χ3n) is 6.67. The van der Waals surface area contributed by atoms with Crippen LogP contribution in [0.3, 0.4) is 0 Å². The van der Waals surface area contributed by atoms with Crippen molar-refractivity contribution in [1.29, 1.82) is 0 Å². The van der Waals surface area contributed by atoms with Gasteiger partial charge in [0.2, 0.25) is 0 Å². The quantitative estimate of drug-likeness (QED) is 0.232. The van der Waals surface area contributed by atoms with Crippen LogP contribution in [-0.2, 0) is 20.1 Å². The zero-order valence-corrected chi connectivity index (χ0v) is 19.6. The summed E-state index contributed by atoms with van der Waals surface area (Å²) in [7, 11) is 0. The molecule has 2 N–H and O–H groups in total. The predicted octanol–water partition coefficient (Wildman–Crippen LogP) is 5.38. The van der Waals surface area contributed by atoms with E-state index in [0.717, 1.165) is 42.5 Å². The van der Waals surface area contributed by atoms with Gasteiger partial charge in [-0.15, -0.1) is 35.9 Å². The number of benzene rings is 3. The van der Waals surface area contributed by atoms with Crippen molar-refractivity contribution in [3.8, 4) is 11.3 Å².